The van der Waals surface area contributed by atoms with Crippen molar-refractivity contribution in [3.8, 4) is 0 Å². The number of oxazole rings is 1. The maximum atomic E-state index is 12.4. The van der Waals surface area contributed by atoms with Crippen LogP contribution in [0.15, 0.2) is 28.7 Å². The summed E-state index contributed by atoms with van der Waals surface area (Å²) in [6.45, 7) is 5.40. The van der Waals surface area contributed by atoms with E-state index in [0.717, 1.165) is 43.6 Å². The molecule has 1 aromatic heterocycles. The lowest BCUT2D eigenvalue weighted by molar-refractivity contribution is 0.0786. The van der Waals surface area contributed by atoms with Crippen LogP contribution in [0.25, 0.3) is 0 Å². The smallest absolute Gasteiger partial charge is 0.319 e. The fraction of sp³-hybridized carbons (Fsp3) is 0.421. The molecule has 1 aliphatic heterocycles. The lowest BCUT2D eigenvalue weighted by Crippen LogP contribution is -2.29. The Balaban J connectivity index is 1.58. The summed E-state index contributed by atoms with van der Waals surface area (Å²) >= 11 is 0. The van der Waals surface area contributed by atoms with Crippen molar-refractivity contribution >= 4 is 17.6 Å². The van der Waals surface area contributed by atoms with E-state index in [1.54, 1.807) is 11.8 Å². The monoisotopic (exact) mass is 356 g/mol. The van der Waals surface area contributed by atoms with E-state index in [2.05, 4.69) is 15.6 Å². The Morgan fingerprint density at radius 2 is 1.96 bits per heavy atom. The van der Waals surface area contributed by atoms with Gasteiger partial charge in [0, 0.05) is 18.8 Å². The van der Waals surface area contributed by atoms with Gasteiger partial charge in [-0.05, 0) is 37.8 Å². The second kappa shape index (κ2) is 8.03. The average molecular weight is 356 g/mol. The quantitative estimate of drug-likeness (QED) is 0.862. The van der Waals surface area contributed by atoms with Crippen molar-refractivity contribution in [3.63, 3.8) is 0 Å². The molecule has 0 radical (unpaired) electrons. The van der Waals surface area contributed by atoms with Gasteiger partial charge in [-0.25, -0.2) is 9.78 Å². The van der Waals surface area contributed by atoms with Crippen molar-refractivity contribution in [2.24, 2.45) is 0 Å². The van der Waals surface area contributed by atoms with Crippen molar-refractivity contribution in [2.45, 2.75) is 39.7 Å². The Morgan fingerprint density at radius 3 is 2.69 bits per heavy atom. The number of rotatable bonds is 5. The first kappa shape index (κ1) is 18.0. The molecule has 7 nitrogen and oxygen atoms in total. The van der Waals surface area contributed by atoms with Crippen LogP contribution in [0.4, 0.5) is 10.5 Å². The number of hydrogen-bond donors (Lipinski definition) is 2. The lowest BCUT2D eigenvalue weighted by atomic mass is 10.1. The van der Waals surface area contributed by atoms with Crippen LogP contribution in [-0.2, 0) is 13.0 Å². The highest BCUT2D eigenvalue weighted by atomic mass is 16.4. The third kappa shape index (κ3) is 4.04. The molecule has 3 amide bonds. The maximum absolute atomic E-state index is 12.4. The molecule has 2 heterocycles. The van der Waals surface area contributed by atoms with Gasteiger partial charge in [-0.2, -0.15) is 0 Å². The van der Waals surface area contributed by atoms with Gasteiger partial charge in [0.25, 0.3) is 5.91 Å². The molecule has 0 atom stereocenters. The first-order chi connectivity index (χ1) is 12.6. The van der Waals surface area contributed by atoms with Crippen LogP contribution in [0.1, 0.15) is 47.5 Å². The Hall–Kier alpha value is -2.83. The molecule has 0 saturated carbocycles. The van der Waals surface area contributed by atoms with Crippen molar-refractivity contribution in [1.82, 2.24) is 15.2 Å². The van der Waals surface area contributed by atoms with Gasteiger partial charge >= 0.3 is 6.03 Å². The van der Waals surface area contributed by atoms with Crippen molar-refractivity contribution in [2.75, 3.05) is 18.4 Å². The lowest BCUT2D eigenvalue weighted by Gasteiger charge is -2.13. The molecule has 2 aromatic rings. The fourth-order valence-electron chi connectivity index (χ4n) is 3.07. The molecule has 2 N–H and O–H groups in total. The van der Waals surface area contributed by atoms with Gasteiger partial charge in [0.1, 0.15) is 5.76 Å². The number of aromatic nitrogens is 1. The summed E-state index contributed by atoms with van der Waals surface area (Å²) in [5, 5.41) is 5.54. The molecule has 7 heteroatoms. The number of anilines is 1. The number of nitrogens with one attached hydrogen (secondary N) is 2. The normalized spacial score (nSPS) is 13.7. The zero-order valence-electron chi connectivity index (χ0n) is 15.2. The van der Waals surface area contributed by atoms with E-state index in [1.165, 1.54) is 0 Å². The van der Waals surface area contributed by atoms with Crippen molar-refractivity contribution in [1.29, 1.82) is 0 Å². The van der Waals surface area contributed by atoms with Gasteiger partial charge < -0.3 is 20.0 Å². The molecule has 3 rings (SSSR count). The van der Waals surface area contributed by atoms with E-state index >= 15 is 0 Å². The largest absolute Gasteiger partial charge is 0.443 e. The third-order valence-electron chi connectivity index (χ3n) is 4.48. The minimum Gasteiger partial charge on any atom is -0.443 e. The molecule has 1 saturated heterocycles. The van der Waals surface area contributed by atoms with Gasteiger partial charge in [-0.15, -0.1) is 0 Å². The highest BCUT2D eigenvalue weighted by molar-refractivity contribution is 5.93. The predicted molar refractivity (Wildman–Crippen MR) is 98.1 cm³/mol. The topological polar surface area (TPSA) is 87.5 Å². The SMILES string of the molecule is CCc1ccccc1NC(=O)NCc1nc(C(=O)N2CCCC2)c(C)o1. The van der Waals surface area contributed by atoms with Gasteiger partial charge in [-0.3, -0.25) is 4.79 Å². The number of urea groups is 1. The Morgan fingerprint density at radius 1 is 1.23 bits per heavy atom. The number of para-hydroxylation sites is 1. The first-order valence-electron chi connectivity index (χ1n) is 8.96. The summed E-state index contributed by atoms with van der Waals surface area (Å²) in [5.41, 5.74) is 2.18. The Labute approximate surface area is 152 Å². The number of likely N-dealkylation sites (tertiary alicyclic amines) is 1. The molecule has 1 aliphatic rings. The molecule has 0 spiro atoms. The second-order valence-corrected chi connectivity index (χ2v) is 6.33. The molecule has 26 heavy (non-hydrogen) atoms. The molecular weight excluding hydrogens is 332 g/mol. The van der Waals surface area contributed by atoms with Crippen LogP contribution < -0.4 is 10.6 Å². The number of amides is 3. The number of hydrogen-bond acceptors (Lipinski definition) is 4. The minimum absolute atomic E-state index is 0.101. The van der Waals surface area contributed by atoms with Crippen LogP contribution in [0, 0.1) is 6.92 Å². The molecule has 138 valence electrons. The number of nitrogens with zero attached hydrogens (tertiary/aromatic N) is 2. The molecule has 1 fully saturated rings. The highest BCUT2D eigenvalue weighted by Gasteiger charge is 2.25. The van der Waals surface area contributed by atoms with Crippen LogP contribution in [-0.4, -0.2) is 34.9 Å². The summed E-state index contributed by atoms with van der Waals surface area (Å²) < 4.78 is 5.54. The zero-order chi connectivity index (χ0) is 18.5. The van der Waals surface area contributed by atoms with Gasteiger partial charge in [0.2, 0.25) is 5.89 Å². The number of carbonyl (C=O) groups is 2. The third-order valence-corrected chi connectivity index (χ3v) is 4.48. The average Bonchev–Trinajstić information content (AvgIpc) is 3.30. The number of carbonyl (C=O) groups excluding carboxylic acids is 2. The van der Waals surface area contributed by atoms with Gasteiger partial charge in [-0.1, -0.05) is 25.1 Å². The zero-order valence-corrected chi connectivity index (χ0v) is 15.2. The van der Waals surface area contributed by atoms with Crippen LogP contribution >= 0.6 is 0 Å². The summed E-state index contributed by atoms with van der Waals surface area (Å²) in [4.78, 5) is 30.6. The Bertz CT molecular complexity index is 794. The van der Waals surface area contributed by atoms with E-state index in [9.17, 15) is 9.59 Å². The van der Waals surface area contributed by atoms with Gasteiger partial charge in [0.05, 0.1) is 6.54 Å². The van der Waals surface area contributed by atoms with E-state index in [-0.39, 0.29) is 18.5 Å². The fourth-order valence-corrected chi connectivity index (χ4v) is 3.07. The van der Waals surface area contributed by atoms with Crippen molar-refractivity contribution < 1.29 is 14.0 Å². The maximum Gasteiger partial charge on any atom is 0.319 e. The van der Waals surface area contributed by atoms with Crippen LogP contribution in [0.2, 0.25) is 0 Å². The Kier molecular flexibility index (Phi) is 5.55. The predicted octanol–water partition coefficient (Wildman–Crippen LogP) is 3.10. The van der Waals surface area contributed by atoms with E-state index < -0.39 is 0 Å². The van der Waals surface area contributed by atoms with E-state index in [1.807, 2.05) is 31.2 Å². The molecular formula is C19H24N4O3. The number of aryl methyl sites for hydroxylation is 2. The molecule has 1 aromatic carbocycles. The summed E-state index contributed by atoms with van der Waals surface area (Å²) in [6.07, 6.45) is 2.88. The van der Waals surface area contributed by atoms with Gasteiger partial charge in [0.15, 0.2) is 5.69 Å². The standard InChI is InChI=1S/C19H24N4O3/c1-3-14-8-4-5-9-15(14)21-19(25)20-12-16-22-17(13(2)26-16)18(24)23-10-6-7-11-23/h4-5,8-9H,3,6-7,10-12H2,1-2H3,(H2,20,21,25). The van der Waals surface area contributed by atoms with E-state index in [4.69, 9.17) is 4.42 Å². The minimum atomic E-state index is -0.339. The van der Waals surface area contributed by atoms with Crippen LogP contribution in [0.3, 0.4) is 0 Å². The number of benzene rings is 1. The first-order valence-corrected chi connectivity index (χ1v) is 8.96. The van der Waals surface area contributed by atoms with E-state index in [0.29, 0.717) is 17.3 Å². The van der Waals surface area contributed by atoms with Crippen molar-refractivity contribution in [3.05, 3.63) is 47.2 Å². The molecule has 0 unspecified atom stereocenters. The van der Waals surface area contributed by atoms with Crippen LogP contribution in [0.5, 0.6) is 0 Å². The summed E-state index contributed by atoms with van der Waals surface area (Å²) in [6, 6.07) is 7.32. The molecule has 0 bridgehead atoms. The molecule has 0 aliphatic carbocycles. The second-order valence-electron chi connectivity index (χ2n) is 6.33. The summed E-state index contributed by atoms with van der Waals surface area (Å²) in [7, 11) is 0. The summed E-state index contributed by atoms with van der Waals surface area (Å²) in [5.74, 6) is 0.704. The highest BCUT2D eigenvalue weighted by Crippen LogP contribution is 2.17.